The molecule has 0 aliphatic heterocycles. The van der Waals surface area contributed by atoms with Gasteiger partial charge in [-0.2, -0.15) is 13.2 Å². The third-order valence-electron chi connectivity index (χ3n) is 1.46. The van der Waals surface area contributed by atoms with E-state index in [0.717, 1.165) is 6.92 Å². The number of ether oxygens (including phenoxy) is 1. The van der Waals surface area contributed by atoms with Crippen LogP contribution in [-0.2, 0) is 0 Å². The molecule has 0 fully saturated rings. The van der Waals surface area contributed by atoms with Gasteiger partial charge in [0.1, 0.15) is 0 Å². The number of pyridine rings is 1. The predicted molar refractivity (Wildman–Crippen MR) is 48.1 cm³/mol. The summed E-state index contributed by atoms with van der Waals surface area (Å²) in [6.07, 6.45) is -4.84. The van der Waals surface area contributed by atoms with Crippen molar-refractivity contribution in [2.75, 3.05) is 0 Å². The Morgan fingerprint density at radius 2 is 2.07 bits per heavy atom. The zero-order chi connectivity index (χ0) is 10.8. The van der Waals surface area contributed by atoms with Gasteiger partial charge in [0, 0.05) is 16.7 Å². The highest BCUT2D eigenvalue weighted by Gasteiger charge is 2.38. The molecule has 0 N–H and O–H groups in total. The van der Waals surface area contributed by atoms with Crippen molar-refractivity contribution in [1.82, 2.24) is 4.98 Å². The van der Waals surface area contributed by atoms with Crippen molar-refractivity contribution in [3.05, 3.63) is 22.8 Å². The third kappa shape index (κ3) is 3.17. The van der Waals surface area contributed by atoms with Crippen molar-refractivity contribution in [3.8, 4) is 5.88 Å². The summed E-state index contributed by atoms with van der Waals surface area (Å²) in [6.45, 7) is 0.934. The Morgan fingerprint density at radius 3 is 2.50 bits per heavy atom. The topological polar surface area (TPSA) is 22.1 Å². The summed E-state index contributed by atoms with van der Waals surface area (Å²) in [7, 11) is 0. The number of halogens is 4. The fourth-order valence-electron chi connectivity index (χ4n) is 0.680. The molecular formula is C8H7BrF3NO. The Hall–Kier alpha value is -0.780. The van der Waals surface area contributed by atoms with E-state index in [0.29, 0.717) is 4.47 Å². The summed E-state index contributed by atoms with van der Waals surface area (Å²) in [5, 5.41) is 0. The van der Waals surface area contributed by atoms with Gasteiger partial charge in [0.05, 0.1) is 0 Å². The van der Waals surface area contributed by atoms with Crippen LogP contribution in [-0.4, -0.2) is 17.3 Å². The minimum atomic E-state index is -4.37. The van der Waals surface area contributed by atoms with E-state index in [2.05, 4.69) is 25.7 Å². The highest BCUT2D eigenvalue weighted by molar-refractivity contribution is 9.10. The Morgan fingerprint density at radius 1 is 1.43 bits per heavy atom. The zero-order valence-electron chi connectivity index (χ0n) is 7.18. The quantitative estimate of drug-likeness (QED) is 0.823. The van der Waals surface area contributed by atoms with E-state index in [1.54, 1.807) is 6.07 Å². The lowest BCUT2D eigenvalue weighted by Crippen LogP contribution is -2.31. The predicted octanol–water partition coefficient (Wildman–Crippen LogP) is 3.17. The van der Waals surface area contributed by atoms with Crippen LogP contribution in [0.5, 0.6) is 5.88 Å². The molecular weight excluding hydrogens is 263 g/mol. The zero-order valence-corrected chi connectivity index (χ0v) is 8.76. The summed E-state index contributed by atoms with van der Waals surface area (Å²) in [4.78, 5) is 3.66. The van der Waals surface area contributed by atoms with Gasteiger partial charge in [-0.05, 0) is 28.9 Å². The minimum Gasteiger partial charge on any atom is -0.465 e. The second kappa shape index (κ2) is 4.16. The first-order valence-corrected chi connectivity index (χ1v) is 4.54. The van der Waals surface area contributed by atoms with E-state index < -0.39 is 12.3 Å². The van der Waals surface area contributed by atoms with Crippen molar-refractivity contribution in [2.24, 2.45) is 0 Å². The fraction of sp³-hybridized carbons (Fsp3) is 0.375. The number of alkyl halides is 3. The normalized spacial score (nSPS) is 13.8. The highest BCUT2D eigenvalue weighted by atomic mass is 79.9. The van der Waals surface area contributed by atoms with Crippen LogP contribution < -0.4 is 4.74 Å². The molecule has 0 amide bonds. The maximum absolute atomic E-state index is 12.1. The molecule has 1 heterocycles. The molecule has 0 bridgehead atoms. The van der Waals surface area contributed by atoms with Crippen LogP contribution in [0.2, 0.25) is 0 Å². The molecule has 1 rings (SSSR count). The molecule has 0 unspecified atom stereocenters. The van der Waals surface area contributed by atoms with E-state index in [4.69, 9.17) is 0 Å². The van der Waals surface area contributed by atoms with Gasteiger partial charge in [0.15, 0.2) is 6.10 Å². The second-order valence-corrected chi connectivity index (χ2v) is 3.53. The first-order chi connectivity index (χ1) is 6.39. The van der Waals surface area contributed by atoms with E-state index in [1.807, 2.05) is 0 Å². The number of rotatable bonds is 2. The number of hydrogen-bond acceptors (Lipinski definition) is 2. The number of hydrogen-bond donors (Lipinski definition) is 0. The Kier molecular flexibility index (Phi) is 3.36. The van der Waals surface area contributed by atoms with E-state index in [-0.39, 0.29) is 5.88 Å². The van der Waals surface area contributed by atoms with Crippen LogP contribution in [0.3, 0.4) is 0 Å². The maximum atomic E-state index is 12.1. The summed E-state index contributed by atoms with van der Waals surface area (Å²) < 4.78 is 41.4. The van der Waals surface area contributed by atoms with Gasteiger partial charge in [-0.3, -0.25) is 0 Å². The van der Waals surface area contributed by atoms with Crippen molar-refractivity contribution in [3.63, 3.8) is 0 Å². The number of nitrogens with zero attached hydrogens (tertiary/aromatic N) is 1. The Bertz CT molecular complexity index is 298. The van der Waals surface area contributed by atoms with Crippen LogP contribution in [0.25, 0.3) is 0 Å². The highest BCUT2D eigenvalue weighted by Crippen LogP contribution is 2.24. The molecule has 0 aliphatic carbocycles. The summed E-state index contributed by atoms with van der Waals surface area (Å²) >= 11 is 3.11. The third-order valence-corrected chi connectivity index (χ3v) is 1.93. The molecule has 1 aromatic rings. The van der Waals surface area contributed by atoms with Gasteiger partial charge in [-0.15, -0.1) is 0 Å². The molecule has 14 heavy (non-hydrogen) atoms. The van der Waals surface area contributed by atoms with Gasteiger partial charge in [-0.25, -0.2) is 4.98 Å². The Labute approximate surface area is 87.2 Å². The smallest absolute Gasteiger partial charge is 0.425 e. The lowest BCUT2D eigenvalue weighted by molar-refractivity contribution is -0.189. The molecule has 78 valence electrons. The molecule has 1 aromatic heterocycles. The second-order valence-electron chi connectivity index (χ2n) is 2.62. The van der Waals surface area contributed by atoms with E-state index in [1.165, 1.54) is 12.3 Å². The molecule has 0 radical (unpaired) electrons. The van der Waals surface area contributed by atoms with Crippen LogP contribution in [0.4, 0.5) is 13.2 Å². The van der Waals surface area contributed by atoms with E-state index in [9.17, 15) is 13.2 Å². The van der Waals surface area contributed by atoms with Crippen LogP contribution in [0.1, 0.15) is 6.92 Å². The van der Waals surface area contributed by atoms with Gasteiger partial charge < -0.3 is 4.74 Å². The van der Waals surface area contributed by atoms with Gasteiger partial charge in [0.2, 0.25) is 5.88 Å². The molecule has 2 nitrogen and oxygen atoms in total. The van der Waals surface area contributed by atoms with Crippen LogP contribution in [0.15, 0.2) is 22.8 Å². The molecule has 0 spiro atoms. The molecule has 0 saturated heterocycles. The largest absolute Gasteiger partial charge is 0.465 e. The van der Waals surface area contributed by atoms with E-state index >= 15 is 0 Å². The first kappa shape index (κ1) is 11.3. The summed E-state index contributed by atoms with van der Waals surface area (Å²) in [6, 6.07) is 2.93. The van der Waals surface area contributed by atoms with Crippen molar-refractivity contribution in [1.29, 1.82) is 0 Å². The van der Waals surface area contributed by atoms with Crippen LogP contribution in [0, 0.1) is 0 Å². The fourth-order valence-corrected chi connectivity index (χ4v) is 0.914. The molecule has 0 aromatic carbocycles. The van der Waals surface area contributed by atoms with Crippen molar-refractivity contribution < 1.29 is 17.9 Å². The minimum absolute atomic E-state index is 0.0435. The Balaban J connectivity index is 2.65. The average molecular weight is 270 g/mol. The SMILES string of the molecule is C[C@@H](Oc1ccc(Br)cn1)C(F)(F)F. The first-order valence-electron chi connectivity index (χ1n) is 3.74. The number of aromatic nitrogens is 1. The summed E-state index contributed by atoms with van der Waals surface area (Å²) in [5.74, 6) is -0.0435. The molecule has 6 heteroatoms. The van der Waals surface area contributed by atoms with Gasteiger partial charge in [0.25, 0.3) is 0 Å². The van der Waals surface area contributed by atoms with Gasteiger partial charge >= 0.3 is 6.18 Å². The van der Waals surface area contributed by atoms with Crippen molar-refractivity contribution >= 4 is 15.9 Å². The summed E-state index contributed by atoms with van der Waals surface area (Å²) in [5.41, 5.74) is 0. The average Bonchev–Trinajstić information content (AvgIpc) is 2.07. The standard InChI is InChI=1S/C8H7BrF3NO/c1-5(8(10,11)12)14-7-3-2-6(9)4-13-7/h2-5H,1H3/t5-/m1/s1. The maximum Gasteiger partial charge on any atom is 0.425 e. The molecule has 0 aliphatic rings. The molecule has 0 saturated carbocycles. The lowest BCUT2D eigenvalue weighted by Gasteiger charge is -2.16. The van der Waals surface area contributed by atoms with Crippen molar-refractivity contribution in [2.45, 2.75) is 19.2 Å². The lowest BCUT2D eigenvalue weighted by atomic mass is 10.4. The van der Waals surface area contributed by atoms with Crippen LogP contribution >= 0.6 is 15.9 Å². The molecule has 1 atom stereocenters. The monoisotopic (exact) mass is 269 g/mol. The van der Waals surface area contributed by atoms with Gasteiger partial charge in [-0.1, -0.05) is 0 Å².